The first-order valence-corrected chi connectivity index (χ1v) is 13.2. The minimum atomic E-state index is -3.08. The maximum absolute atomic E-state index is 13.2. The number of nitrogens with one attached hydrogen (secondary N) is 1. The zero-order chi connectivity index (χ0) is 21.6. The number of hydrogen-bond donors (Lipinski definition) is 1. The zero-order valence-corrected chi connectivity index (χ0v) is 18.8. The summed E-state index contributed by atoms with van der Waals surface area (Å²) in [5.41, 5.74) is 2.43. The molecule has 0 aliphatic carbocycles. The van der Waals surface area contributed by atoms with E-state index < -0.39 is 9.84 Å². The molecular formula is C21H24N4O4S2. The molecule has 31 heavy (non-hydrogen) atoms. The third-order valence-electron chi connectivity index (χ3n) is 5.92. The number of carbonyl (C=O) groups excluding carboxylic acids is 1. The van der Waals surface area contributed by atoms with Crippen LogP contribution in [0.2, 0.25) is 0 Å². The van der Waals surface area contributed by atoms with E-state index >= 15 is 0 Å². The number of pyridine rings is 1. The van der Waals surface area contributed by atoms with Gasteiger partial charge in [-0.2, -0.15) is 5.10 Å². The van der Waals surface area contributed by atoms with Crippen LogP contribution in [0.4, 0.5) is 0 Å². The third-order valence-corrected chi connectivity index (χ3v) is 8.57. The summed E-state index contributed by atoms with van der Waals surface area (Å²) in [4.78, 5) is 19.0. The molecule has 3 aromatic heterocycles. The van der Waals surface area contributed by atoms with E-state index in [4.69, 9.17) is 9.72 Å². The first-order chi connectivity index (χ1) is 14.9. The number of hydrogen-bond acceptors (Lipinski definition) is 7. The van der Waals surface area contributed by atoms with Gasteiger partial charge in [0.05, 0.1) is 50.9 Å². The van der Waals surface area contributed by atoms with Crippen LogP contribution in [-0.4, -0.2) is 59.9 Å². The number of amides is 1. The van der Waals surface area contributed by atoms with Crippen LogP contribution < -0.4 is 5.32 Å². The average molecular weight is 461 g/mol. The normalized spacial score (nSPS) is 22.9. The predicted octanol–water partition coefficient (Wildman–Crippen LogP) is 2.74. The summed E-state index contributed by atoms with van der Waals surface area (Å²) in [7, 11) is -3.08. The molecule has 8 nitrogen and oxygen atoms in total. The molecule has 0 spiro atoms. The fraction of sp³-hybridized carbons (Fsp3) is 0.476. The van der Waals surface area contributed by atoms with Gasteiger partial charge < -0.3 is 10.1 Å². The summed E-state index contributed by atoms with van der Waals surface area (Å²) in [5, 5.41) is 10.3. The Hall–Kier alpha value is -2.30. The number of thiophene rings is 1. The van der Waals surface area contributed by atoms with Crippen LogP contribution >= 0.6 is 11.3 Å². The van der Waals surface area contributed by atoms with Gasteiger partial charge >= 0.3 is 0 Å². The molecule has 164 valence electrons. The van der Waals surface area contributed by atoms with Gasteiger partial charge in [-0.25, -0.2) is 18.1 Å². The number of nitrogens with zero attached hydrogens (tertiary/aromatic N) is 3. The van der Waals surface area contributed by atoms with Crippen molar-refractivity contribution in [3.05, 3.63) is 34.8 Å². The fourth-order valence-electron chi connectivity index (χ4n) is 4.37. The van der Waals surface area contributed by atoms with Gasteiger partial charge in [-0.1, -0.05) is 6.07 Å². The predicted molar refractivity (Wildman–Crippen MR) is 119 cm³/mol. The highest BCUT2D eigenvalue weighted by Crippen LogP contribution is 2.33. The third kappa shape index (κ3) is 3.99. The molecule has 0 unspecified atom stereocenters. The smallest absolute Gasteiger partial charge is 0.252 e. The fourth-order valence-corrected chi connectivity index (χ4v) is 6.75. The van der Waals surface area contributed by atoms with Crippen LogP contribution in [0.5, 0.6) is 0 Å². The Morgan fingerprint density at radius 2 is 2.26 bits per heavy atom. The van der Waals surface area contributed by atoms with Gasteiger partial charge in [0, 0.05) is 13.2 Å². The lowest BCUT2D eigenvalue weighted by Crippen LogP contribution is -2.32. The number of rotatable bonds is 5. The van der Waals surface area contributed by atoms with E-state index in [0.29, 0.717) is 41.0 Å². The van der Waals surface area contributed by atoms with E-state index in [2.05, 4.69) is 10.4 Å². The van der Waals surface area contributed by atoms with Crippen molar-refractivity contribution in [2.24, 2.45) is 0 Å². The molecule has 10 heteroatoms. The standard InChI is InChI=1S/C21H24N4O4S2/c1-13-19-16(21(26)22-11-15-4-2-7-29-15)10-17(18-5-3-8-30-18)23-20(19)25(24-13)14-6-9-31(27,28)12-14/h3,5,8,10,14-15H,2,4,6-7,9,11-12H2,1H3,(H,22,26)/t14-,15-/m1/s1. The summed E-state index contributed by atoms with van der Waals surface area (Å²) in [6, 6.07) is 5.44. The van der Waals surface area contributed by atoms with E-state index in [1.165, 1.54) is 0 Å². The molecular weight excluding hydrogens is 436 g/mol. The highest BCUT2D eigenvalue weighted by molar-refractivity contribution is 7.91. The van der Waals surface area contributed by atoms with Crippen molar-refractivity contribution >= 4 is 38.1 Å². The Labute approximate surface area is 184 Å². The van der Waals surface area contributed by atoms with Crippen molar-refractivity contribution in [2.45, 2.75) is 38.3 Å². The first-order valence-electron chi connectivity index (χ1n) is 10.5. The Morgan fingerprint density at radius 1 is 1.39 bits per heavy atom. The summed E-state index contributed by atoms with van der Waals surface area (Å²) in [5.74, 6) is 0.00827. The number of carbonyl (C=O) groups is 1. The maximum Gasteiger partial charge on any atom is 0.252 e. The van der Waals surface area contributed by atoms with Crippen LogP contribution in [0.1, 0.15) is 41.4 Å². The number of ether oxygens (including phenoxy) is 1. The van der Waals surface area contributed by atoms with Crippen molar-refractivity contribution in [3.63, 3.8) is 0 Å². The summed E-state index contributed by atoms with van der Waals surface area (Å²) < 4.78 is 31.5. The minimum Gasteiger partial charge on any atom is -0.376 e. The van der Waals surface area contributed by atoms with E-state index in [0.717, 1.165) is 24.3 Å². The Balaban J connectivity index is 1.59. The summed E-state index contributed by atoms with van der Waals surface area (Å²) >= 11 is 1.54. The molecule has 2 aliphatic heterocycles. The van der Waals surface area contributed by atoms with Crippen LogP contribution in [0.25, 0.3) is 21.6 Å². The van der Waals surface area contributed by atoms with Crippen LogP contribution in [0, 0.1) is 6.92 Å². The van der Waals surface area contributed by atoms with Gasteiger partial charge in [0.1, 0.15) is 0 Å². The van der Waals surface area contributed by atoms with Gasteiger partial charge in [-0.15, -0.1) is 11.3 Å². The quantitative estimate of drug-likeness (QED) is 0.628. The summed E-state index contributed by atoms with van der Waals surface area (Å²) in [6.45, 7) is 3.04. The second kappa shape index (κ2) is 7.99. The van der Waals surface area contributed by atoms with Gasteiger partial charge in [0.15, 0.2) is 15.5 Å². The number of fused-ring (bicyclic) bond motifs is 1. The van der Waals surface area contributed by atoms with Crippen LogP contribution in [0.3, 0.4) is 0 Å². The Bertz CT molecular complexity index is 1230. The van der Waals surface area contributed by atoms with Crippen molar-refractivity contribution in [2.75, 3.05) is 24.7 Å². The maximum atomic E-state index is 13.2. The van der Waals surface area contributed by atoms with Crippen molar-refractivity contribution in [3.8, 4) is 10.6 Å². The molecule has 1 amide bonds. The molecule has 1 N–H and O–H groups in total. The molecule has 0 bridgehead atoms. The van der Waals surface area contributed by atoms with Crippen LogP contribution in [-0.2, 0) is 14.6 Å². The average Bonchev–Trinajstić information content (AvgIpc) is 3.53. The lowest BCUT2D eigenvalue weighted by molar-refractivity contribution is 0.0859. The van der Waals surface area contributed by atoms with Crippen molar-refractivity contribution < 1.29 is 17.9 Å². The molecule has 5 heterocycles. The lowest BCUT2D eigenvalue weighted by atomic mass is 10.1. The molecule has 5 rings (SSSR count). The monoisotopic (exact) mass is 460 g/mol. The zero-order valence-electron chi connectivity index (χ0n) is 17.2. The molecule has 2 saturated heterocycles. The first kappa shape index (κ1) is 20.6. The second-order valence-corrected chi connectivity index (χ2v) is 11.3. The molecule has 2 atom stereocenters. The molecule has 2 fully saturated rings. The van der Waals surface area contributed by atoms with Gasteiger partial charge in [-0.3, -0.25) is 4.79 Å². The van der Waals surface area contributed by atoms with Crippen molar-refractivity contribution in [1.29, 1.82) is 0 Å². The summed E-state index contributed by atoms with van der Waals surface area (Å²) in [6.07, 6.45) is 2.51. The second-order valence-electron chi connectivity index (χ2n) is 8.16. The van der Waals surface area contributed by atoms with Gasteiger partial charge in [-0.05, 0) is 43.7 Å². The Kier molecular flexibility index (Phi) is 5.31. The van der Waals surface area contributed by atoms with Gasteiger partial charge in [0.25, 0.3) is 5.91 Å². The minimum absolute atomic E-state index is 0.0468. The number of aromatic nitrogens is 3. The molecule has 2 aliphatic rings. The molecule has 0 radical (unpaired) electrons. The number of aryl methyl sites for hydroxylation is 1. The highest BCUT2D eigenvalue weighted by Gasteiger charge is 2.32. The molecule has 3 aromatic rings. The SMILES string of the molecule is Cc1nn([C@@H]2CCS(=O)(=O)C2)c2nc(-c3cccs3)cc(C(=O)NC[C@H]3CCCO3)c12. The number of sulfone groups is 1. The van der Waals surface area contributed by atoms with E-state index in [-0.39, 0.29) is 29.6 Å². The van der Waals surface area contributed by atoms with Crippen molar-refractivity contribution in [1.82, 2.24) is 20.1 Å². The van der Waals surface area contributed by atoms with E-state index in [1.807, 2.05) is 30.5 Å². The highest BCUT2D eigenvalue weighted by atomic mass is 32.2. The van der Waals surface area contributed by atoms with E-state index in [9.17, 15) is 13.2 Å². The topological polar surface area (TPSA) is 103 Å². The van der Waals surface area contributed by atoms with Crippen LogP contribution in [0.15, 0.2) is 23.6 Å². The largest absolute Gasteiger partial charge is 0.376 e. The lowest BCUT2D eigenvalue weighted by Gasteiger charge is -2.13. The molecule has 0 aromatic carbocycles. The van der Waals surface area contributed by atoms with E-state index in [1.54, 1.807) is 16.0 Å². The van der Waals surface area contributed by atoms with Gasteiger partial charge in [0.2, 0.25) is 0 Å². The molecule has 0 saturated carbocycles. The Morgan fingerprint density at radius 3 is 2.94 bits per heavy atom.